The summed E-state index contributed by atoms with van der Waals surface area (Å²) in [6.45, 7) is 8.26. The number of nitrogens with zero attached hydrogens (tertiary/aromatic N) is 2. The highest BCUT2D eigenvalue weighted by molar-refractivity contribution is 5.82. The van der Waals surface area contributed by atoms with Crippen molar-refractivity contribution in [3.63, 3.8) is 0 Å². The van der Waals surface area contributed by atoms with Crippen molar-refractivity contribution in [1.29, 1.82) is 0 Å². The lowest BCUT2D eigenvalue weighted by atomic mass is 9.96. The number of aromatic nitrogens is 1. The van der Waals surface area contributed by atoms with Gasteiger partial charge in [0.15, 0.2) is 0 Å². The minimum Gasteiger partial charge on any atom is -0.314 e. The van der Waals surface area contributed by atoms with E-state index in [0.717, 1.165) is 44.5 Å². The number of benzene rings is 1. The zero-order valence-corrected chi connectivity index (χ0v) is 12.5. The van der Waals surface area contributed by atoms with E-state index in [-0.39, 0.29) is 0 Å². The van der Waals surface area contributed by atoms with Gasteiger partial charge in [0, 0.05) is 43.8 Å². The normalized spacial score (nSPS) is 17.7. The first-order chi connectivity index (χ1) is 10.4. The summed E-state index contributed by atoms with van der Waals surface area (Å²) in [5.74, 6) is 0. The molecule has 0 unspecified atom stereocenters. The second-order valence-electron chi connectivity index (χ2n) is 5.59. The standard InChI is InChI=1S/C18H23N3/c1-2-3-8-18(21-13-11-19-12-14-21)16-9-10-20-17-7-5-4-6-15(16)17/h2,4-7,9-10,18-19H,1,3,8,11-14H2/t18-/m1/s1. The van der Waals surface area contributed by atoms with E-state index in [4.69, 9.17) is 0 Å². The maximum Gasteiger partial charge on any atom is 0.0705 e. The van der Waals surface area contributed by atoms with Crippen molar-refractivity contribution in [2.24, 2.45) is 0 Å². The highest BCUT2D eigenvalue weighted by atomic mass is 15.2. The fourth-order valence-corrected chi connectivity index (χ4v) is 3.21. The molecule has 3 nitrogen and oxygen atoms in total. The van der Waals surface area contributed by atoms with Gasteiger partial charge in [0.2, 0.25) is 0 Å². The predicted molar refractivity (Wildman–Crippen MR) is 88.4 cm³/mol. The molecule has 3 heteroatoms. The average Bonchev–Trinajstić information content (AvgIpc) is 2.56. The molecule has 2 aromatic rings. The van der Waals surface area contributed by atoms with E-state index in [9.17, 15) is 0 Å². The van der Waals surface area contributed by atoms with Crippen LogP contribution in [0.2, 0.25) is 0 Å². The van der Waals surface area contributed by atoms with Crippen LogP contribution in [-0.4, -0.2) is 36.1 Å². The van der Waals surface area contributed by atoms with Crippen molar-refractivity contribution >= 4 is 10.9 Å². The Hall–Kier alpha value is -1.71. The first-order valence-corrected chi connectivity index (χ1v) is 7.79. The van der Waals surface area contributed by atoms with Gasteiger partial charge in [-0.05, 0) is 30.5 Å². The van der Waals surface area contributed by atoms with Crippen LogP contribution in [0.4, 0.5) is 0 Å². The van der Waals surface area contributed by atoms with E-state index < -0.39 is 0 Å². The second kappa shape index (κ2) is 6.83. The number of allylic oxidation sites excluding steroid dienone is 1. The van der Waals surface area contributed by atoms with Gasteiger partial charge in [0.1, 0.15) is 0 Å². The van der Waals surface area contributed by atoms with Crippen molar-refractivity contribution in [3.05, 3.63) is 54.7 Å². The summed E-state index contributed by atoms with van der Waals surface area (Å²) in [7, 11) is 0. The Morgan fingerprint density at radius 1 is 1.24 bits per heavy atom. The molecule has 0 bridgehead atoms. The van der Waals surface area contributed by atoms with Crippen molar-refractivity contribution in [2.45, 2.75) is 18.9 Å². The number of pyridine rings is 1. The minimum absolute atomic E-state index is 0.456. The lowest BCUT2D eigenvalue weighted by molar-refractivity contribution is 0.167. The summed E-state index contributed by atoms with van der Waals surface area (Å²) >= 11 is 0. The Morgan fingerprint density at radius 2 is 2.05 bits per heavy atom. The average molecular weight is 281 g/mol. The lowest BCUT2D eigenvalue weighted by Gasteiger charge is -2.35. The van der Waals surface area contributed by atoms with Gasteiger partial charge in [-0.25, -0.2) is 0 Å². The number of para-hydroxylation sites is 1. The molecule has 0 aliphatic carbocycles. The molecule has 0 amide bonds. The molecule has 1 aliphatic heterocycles. The molecule has 1 saturated heterocycles. The summed E-state index contributed by atoms with van der Waals surface area (Å²) in [6.07, 6.45) is 6.14. The number of hydrogen-bond donors (Lipinski definition) is 1. The Balaban J connectivity index is 1.98. The third kappa shape index (κ3) is 3.14. The molecular weight excluding hydrogens is 258 g/mol. The molecule has 0 spiro atoms. The first-order valence-electron chi connectivity index (χ1n) is 7.79. The Kier molecular flexibility index (Phi) is 4.63. The highest BCUT2D eigenvalue weighted by Crippen LogP contribution is 2.31. The van der Waals surface area contributed by atoms with Crippen LogP contribution in [0, 0.1) is 0 Å². The van der Waals surface area contributed by atoms with E-state index in [1.807, 2.05) is 12.3 Å². The van der Waals surface area contributed by atoms with Crippen LogP contribution >= 0.6 is 0 Å². The fraction of sp³-hybridized carbons (Fsp3) is 0.389. The molecule has 1 aromatic carbocycles. The summed E-state index contributed by atoms with van der Waals surface area (Å²) in [5.41, 5.74) is 2.50. The van der Waals surface area contributed by atoms with E-state index in [0.29, 0.717) is 6.04 Å². The van der Waals surface area contributed by atoms with Crippen molar-refractivity contribution < 1.29 is 0 Å². The smallest absolute Gasteiger partial charge is 0.0705 e. The third-order valence-electron chi connectivity index (χ3n) is 4.28. The number of piperazine rings is 1. The Labute approximate surface area is 126 Å². The summed E-state index contributed by atoms with van der Waals surface area (Å²) in [4.78, 5) is 7.10. The molecular formula is C18H23N3. The second-order valence-corrected chi connectivity index (χ2v) is 5.59. The van der Waals surface area contributed by atoms with Gasteiger partial charge in [0.05, 0.1) is 5.52 Å². The van der Waals surface area contributed by atoms with Gasteiger partial charge in [-0.2, -0.15) is 0 Å². The van der Waals surface area contributed by atoms with Gasteiger partial charge in [-0.3, -0.25) is 9.88 Å². The molecule has 3 rings (SSSR count). The molecule has 1 atom stereocenters. The maximum absolute atomic E-state index is 4.50. The fourth-order valence-electron chi connectivity index (χ4n) is 3.21. The largest absolute Gasteiger partial charge is 0.314 e. The van der Waals surface area contributed by atoms with Crippen LogP contribution < -0.4 is 5.32 Å². The Bertz CT molecular complexity index is 597. The Morgan fingerprint density at radius 3 is 2.86 bits per heavy atom. The molecule has 1 aromatic heterocycles. The van der Waals surface area contributed by atoms with Gasteiger partial charge >= 0.3 is 0 Å². The van der Waals surface area contributed by atoms with Crippen molar-refractivity contribution in [3.8, 4) is 0 Å². The molecule has 2 heterocycles. The van der Waals surface area contributed by atoms with Crippen molar-refractivity contribution in [2.75, 3.05) is 26.2 Å². The molecule has 0 saturated carbocycles. The molecule has 1 N–H and O–H groups in total. The van der Waals surface area contributed by atoms with Crippen LogP contribution in [0.25, 0.3) is 10.9 Å². The van der Waals surface area contributed by atoms with Crippen LogP contribution in [0.5, 0.6) is 0 Å². The summed E-state index contributed by atoms with van der Waals surface area (Å²) in [5, 5.41) is 4.72. The zero-order valence-electron chi connectivity index (χ0n) is 12.5. The highest BCUT2D eigenvalue weighted by Gasteiger charge is 2.23. The topological polar surface area (TPSA) is 28.2 Å². The van der Waals surface area contributed by atoms with E-state index in [1.54, 1.807) is 0 Å². The third-order valence-corrected chi connectivity index (χ3v) is 4.28. The molecule has 0 radical (unpaired) electrons. The quantitative estimate of drug-likeness (QED) is 0.853. The van der Waals surface area contributed by atoms with E-state index >= 15 is 0 Å². The van der Waals surface area contributed by atoms with Gasteiger partial charge in [0.25, 0.3) is 0 Å². The molecule has 1 fully saturated rings. The van der Waals surface area contributed by atoms with E-state index in [1.165, 1.54) is 10.9 Å². The predicted octanol–water partition coefficient (Wildman–Crippen LogP) is 3.15. The first kappa shape index (κ1) is 14.2. The monoisotopic (exact) mass is 281 g/mol. The van der Waals surface area contributed by atoms with Crippen LogP contribution in [0.3, 0.4) is 0 Å². The van der Waals surface area contributed by atoms with Crippen molar-refractivity contribution in [1.82, 2.24) is 15.2 Å². The maximum atomic E-state index is 4.50. The summed E-state index contributed by atoms with van der Waals surface area (Å²) in [6, 6.07) is 11.1. The summed E-state index contributed by atoms with van der Waals surface area (Å²) < 4.78 is 0. The van der Waals surface area contributed by atoms with Crippen LogP contribution in [0.15, 0.2) is 49.2 Å². The lowest BCUT2D eigenvalue weighted by Crippen LogP contribution is -2.45. The number of rotatable bonds is 5. The SMILES string of the molecule is C=CCC[C@H](c1ccnc2ccccc12)N1CCNCC1. The van der Waals surface area contributed by atoms with Gasteiger partial charge < -0.3 is 5.32 Å². The molecule has 110 valence electrons. The number of hydrogen-bond acceptors (Lipinski definition) is 3. The van der Waals surface area contributed by atoms with E-state index in [2.05, 4.69) is 52.1 Å². The van der Waals surface area contributed by atoms with Crippen LogP contribution in [-0.2, 0) is 0 Å². The molecule has 21 heavy (non-hydrogen) atoms. The van der Waals surface area contributed by atoms with Gasteiger partial charge in [-0.15, -0.1) is 6.58 Å². The van der Waals surface area contributed by atoms with Crippen LogP contribution in [0.1, 0.15) is 24.4 Å². The molecule has 1 aliphatic rings. The minimum atomic E-state index is 0.456. The number of fused-ring (bicyclic) bond motifs is 1. The number of nitrogens with one attached hydrogen (secondary N) is 1. The zero-order chi connectivity index (χ0) is 14.5. The van der Waals surface area contributed by atoms with Gasteiger partial charge in [-0.1, -0.05) is 24.3 Å².